The molecule has 2 unspecified atom stereocenters. The van der Waals surface area contributed by atoms with Gasteiger partial charge >= 0.3 is 0 Å². The predicted molar refractivity (Wildman–Crippen MR) is 75.5 cm³/mol. The van der Waals surface area contributed by atoms with Crippen molar-refractivity contribution in [1.82, 2.24) is 4.90 Å². The topological polar surface area (TPSA) is 29.3 Å². The van der Waals surface area contributed by atoms with Gasteiger partial charge in [0.15, 0.2) is 0 Å². The monoisotopic (exact) mass is 252 g/mol. The lowest BCUT2D eigenvalue weighted by molar-refractivity contribution is 0.135. The van der Waals surface area contributed by atoms with Crippen LogP contribution in [0.25, 0.3) is 0 Å². The number of nitrogens with zero attached hydrogens (tertiary/aromatic N) is 1. The highest BCUT2D eigenvalue weighted by molar-refractivity contribution is 7.12. The van der Waals surface area contributed by atoms with Crippen LogP contribution in [0.15, 0.2) is 12.1 Å². The van der Waals surface area contributed by atoms with Crippen molar-refractivity contribution in [3.05, 3.63) is 21.9 Å². The van der Waals surface area contributed by atoms with Crippen LogP contribution in [0.4, 0.5) is 0 Å². The van der Waals surface area contributed by atoms with E-state index in [0.717, 1.165) is 18.9 Å². The lowest BCUT2D eigenvalue weighted by Crippen LogP contribution is -2.40. The van der Waals surface area contributed by atoms with Crippen LogP contribution in [-0.4, -0.2) is 24.5 Å². The number of nitrogens with two attached hydrogens (primary N) is 1. The second kappa shape index (κ2) is 5.98. The minimum atomic E-state index is 0.447. The molecule has 0 radical (unpaired) electrons. The van der Waals surface area contributed by atoms with Gasteiger partial charge in [-0.05, 0) is 43.9 Å². The highest BCUT2D eigenvalue weighted by Gasteiger charge is 2.24. The van der Waals surface area contributed by atoms with Crippen molar-refractivity contribution in [2.45, 2.75) is 39.2 Å². The van der Waals surface area contributed by atoms with Gasteiger partial charge in [-0.25, -0.2) is 0 Å². The predicted octanol–water partition coefficient (Wildman–Crippen LogP) is 3.04. The molecule has 0 spiro atoms. The smallest absolute Gasteiger partial charge is 0.0564 e. The van der Waals surface area contributed by atoms with Crippen molar-refractivity contribution in [2.75, 3.05) is 19.6 Å². The maximum Gasteiger partial charge on any atom is 0.0564 e. The Labute approximate surface area is 109 Å². The summed E-state index contributed by atoms with van der Waals surface area (Å²) in [7, 11) is 0. The first-order chi connectivity index (χ1) is 8.24. The van der Waals surface area contributed by atoms with E-state index in [-0.39, 0.29) is 0 Å². The average molecular weight is 252 g/mol. The Morgan fingerprint density at radius 1 is 1.53 bits per heavy atom. The summed E-state index contributed by atoms with van der Waals surface area (Å²) in [6.45, 7) is 7.74. The van der Waals surface area contributed by atoms with Crippen LogP contribution in [0, 0.1) is 5.92 Å². The fourth-order valence-electron chi connectivity index (χ4n) is 2.72. The Bertz CT molecular complexity index is 348. The molecule has 2 heterocycles. The first-order valence-electron chi connectivity index (χ1n) is 6.77. The van der Waals surface area contributed by atoms with E-state index in [4.69, 9.17) is 5.73 Å². The Kier molecular flexibility index (Phi) is 4.60. The van der Waals surface area contributed by atoms with E-state index in [1.807, 2.05) is 11.3 Å². The van der Waals surface area contributed by atoms with Crippen LogP contribution in [0.1, 0.15) is 42.5 Å². The standard InChI is InChI=1S/C14H24N2S/c1-3-12-6-7-14(17-12)13(9-15)16-8-4-5-11(2)10-16/h6-7,11,13H,3-5,8-10,15H2,1-2H3. The van der Waals surface area contributed by atoms with Gasteiger partial charge in [-0.1, -0.05) is 13.8 Å². The Morgan fingerprint density at radius 3 is 2.94 bits per heavy atom. The molecule has 1 aliphatic rings. The molecule has 96 valence electrons. The van der Waals surface area contributed by atoms with E-state index < -0.39 is 0 Å². The number of thiophene rings is 1. The van der Waals surface area contributed by atoms with Gasteiger partial charge in [0.2, 0.25) is 0 Å². The van der Waals surface area contributed by atoms with Crippen molar-refractivity contribution < 1.29 is 0 Å². The van der Waals surface area contributed by atoms with E-state index in [0.29, 0.717) is 6.04 Å². The summed E-state index contributed by atoms with van der Waals surface area (Å²) in [5.41, 5.74) is 6.00. The largest absolute Gasteiger partial charge is 0.329 e. The molecule has 2 rings (SSSR count). The molecule has 0 bridgehead atoms. The summed E-state index contributed by atoms with van der Waals surface area (Å²) in [5.74, 6) is 0.823. The Hall–Kier alpha value is -0.380. The maximum absolute atomic E-state index is 6.00. The van der Waals surface area contributed by atoms with E-state index in [2.05, 4.69) is 30.9 Å². The second-order valence-corrected chi connectivity index (χ2v) is 6.35. The number of rotatable bonds is 4. The van der Waals surface area contributed by atoms with Gasteiger partial charge in [0, 0.05) is 22.8 Å². The molecule has 0 saturated carbocycles. The molecule has 2 nitrogen and oxygen atoms in total. The fourth-order valence-corrected chi connectivity index (χ4v) is 3.82. The molecule has 0 aromatic carbocycles. The lowest BCUT2D eigenvalue weighted by Gasteiger charge is -2.36. The number of hydrogen-bond acceptors (Lipinski definition) is 3. The summed E-state index contributed by atoms with van der Waals surface area (Å²) in [6.07, 6.45) is 3.83. The van der Waals surface area contributed by atoms with Crippen molar-refractivity contribution in [2.24, 2.45) is 11.7 Å². The molecule has 2 N–H and O–H groups in total. The van der Waals surface area contributed by atoms with E-state index in [1.165, 1.54) is 35.7 Å². The highest BCUT2D eigenvalue weighted by Crippen LogP contribution is 2.30. The van der Waals surface area contributed by atoms with Crippen LogP contribution in [0.5, 0.6) is 0 Å². The van der Waals surface area contributed by atoms with Crippen LogP contribution < -0.4 is 5.73 Å². The number of piperidine rings is 1. The molecule has 1 aliphatic heterocycles. The van der Waals surface area contributed by atoms with Gasteiger partial charge in [-0.3, -0.25) is 4.90 Å². The zero-order valence-corrected chi connectivity index (χ0v) is 11.8. The van der Waals surface area contributed by atoms with Gasteiger partial charge in [0.25, 0.3) is 0 Å². The molecule has 2 atom stereocenters. The van der Waals surface area contributed by atoms with Crippen LogP contribution in [0.3, 0.4) is 0 Å². The summed E-state index contributed by atoms with van der Waals surface area (Å²) in [4.78, 5) is 5.52. The van der Waals surface area contributed by atoms with Gasteiger partial charge in [0.1, 0.15) is 0 Å². The van der Waals surface area contributed by atoms with Crippen LogP contribution in [0.2, 0.25) is 0 Å². The first kappa shape index (κ1) is 13.1. The van der Waals surface area contributed by atoms with Crippen molar-refractivity contribution in [1.29, 1.82) is 0 Å². The Balaban J connectivity index is 2.09. The zero-order valence-electron chi connectivity index (χ0n) is 11.0. The molecule has 1 fully saturated rings. The maximum atomic E-state index is 6.00. The molecular formula is C14H24N2S. The minimum Gasteiger partial charge on any atom is -0.329 e. The van der Waals surface area contributed by atoms with Crippen LogP contribution in [-0.2, 0) is 6.42 Å². The van der Waals surface area contributed by atoms with Gasteiger partial charge in [0.05, 0.1) is 6.04 Å². The van der Waals surface area contributed by atoms with Gasteiger partial charge < -0.3 is 5.73 Å². The molecular weight excluding hydrogens is 228 g/mol. The molecule has 1 aromatic rings. The number of hydrogen-bond donors (Lipinski definition) is 1. The average Bonchev–Trinajstić information content (AvgIpc) is 2.79. The Morgan fingerprint density at radius 2 is 2.35 bits per heavy atom. The molecule has 0 amide bonds. The highest BCUT2D eigenvalue weighted by atomic mass is 32.1. The van der Waals surface area contributed by atoms with E-state index in [9.17, 15) is 0 Å². The summed E-state index contributed by atoms with van der Waals surface area (Å²) in [6, 6.07) is 4.99. The SMILES string of the molecule is CCc1ccc(C(CN)N2CCCC(C)C2)s1. The third-order valence-electron chi connectivity index (χ3n) is 3.71. The van der Waals surface area contributed by atoms with Crippen molar-refractivity contribution in [3.8, 4) is 0 Å². The minimum absolute atomic E-state index is 0.447. The van der Waals surface area contributed by atoms with Crippen LogP contribution >= 0.6 is 11.3 Å². The summed E-state index contributed by atoms with van der Waals surface area (Å²) in [5, 5.41) is 0. The van der Waals surface area contributed by atoms with Crippen molar-refractivity contribution in [3.63, 3.8) is 0 Å². The van der Waals surface area contributed by atoms with Crippen molar-refractivity contribution >= 4 is 11.3 Å². The normalized spacial score (nSPS) is 23.8. The van der Waals surface area contributed by atoms with E-state index in [1.54, 1.807) is 0 Å². The quantitative estimate of drug-likeness (QED) is 0.892. The van der Waals surface area contributed by atoms with Gasteiger partial charge in [-0.15, -0.1) is 11.3 Å². The molecule has 1 aromatic heterocycles. The lowest BCUT2D eigenvalue weighted by atomic mass is 9.98. The zero-order chi connectivity index (χ0) is 12.3. The molecule has 17 heavy (non-hydrogen) atoms. The fraction of sp³-hybridized carbons (Fsp3) is 0.714. The summed E-state index contributed by atoms with van der Waals surface area (Å²) >= 11 is 1.94. The first-order valence-corrected chi connectivity index (χ1v) is 7.59. The third kappa shape index (κ3) is 3.09. The van der Waals surface area contributed by atoms with E-state index >= 15 is 0 Å². The summed E-state index contributed by atoms with van der Waals surface area (Å²) < 4.78 is 0. The third-order valence-corrected chi connectivity index (χ3v) is 5.04. The molecule has 3 heteroatoms. The molecule has 0 aliphatic carbocycles. The second-order valence-electron chi connectivity index (χ2n) is 5.15. The number of aryl methyl sites for hydroxylation is 1. The number of likely N-dealkylation sites (tertiary alicyclic amines) is 1. The van der Waals surface area contributed by atoms with Gasteiger partial charge in [-0.2, -0.15) is 0 Å². The molecule has 1 saturated heterocycles.